The Morgan fingerprint density at radius 2 is 1.56 bits per heavy atom. The molecule has 1 fully saturated rings. The van der Waals surface area contributed by atoms with Gasteiger partial charge in [0.2, 0.25) is 0 Å². The highest BCUT2D eigenvalue weighted by Gasteiger charge is 2.09. The van der Waals surface area contributed by atoms with Crippen molar-refractivity contribution in [2.45, 2.75) is 0 Å². The fraction of sp³-hybridized carbons (Fsp3) is 0.462. The van der Waals surface area contributed by atoms with Crippen LogP contribution in [0.3, 0.4) is 0 Å². The second-order valence-corrected chi connectivity index (χ2v) is 4.34. The maximum absolute atomic E-state index is 10.8. The van der Waals surface area contributed by atoms with Crippen molar-refractivity contribution in [3.8, 4) is 0 Å². The van der Waals surface area contributed by atoms with E-state index in [0.717, 1.165) is 45.0 Å². The van der Waals surface area contributed by atoms with Gasteiger partial charge in [-0.05, 0) is 24.3 Å². The first-order chi connectivity index (χ1) is 8.77. The van der Waals surface area contributed by atoms with Crippen LogP contribution in [0.25, 0.3) is 0 Å². The number of aromatic carboxylic acids is 1. The lowest BCUT2D eigenvalue weighted by atomic mass is 10.2. The molecule has 1 heterocycles. The lowest BCUT2D eigenvalue weighted by Gasteiger charge is -2.24. The summed E-state index contributed by atoms with van der Waals surface area (Å²) >= 11 is 0. The summed E-state index contributed by atoms with van der Waals surface area (Å²) in [4.78, 5) is 13.1. The van der Waals surface area contributed by atoms with Gasteiger partial charge in [0.15, 0.2) is 0 Å². The third-order valence-corrected chi connectivity index (χ3v) is 3.07. The Bertz CT molecular complexity index is 382. The molecule has 0 amide bonds. The molecule has 1 aliphatic heterocycles. The van der Waals surface area contributed by atoms with Crippen LogP contribution in [0.4, 0.5) is 5.69 Å². The number of anilines is 1. The van der Waals surface area contributed by atoms with E-state index in [1.165, 1.54) is 0 Å². The van der Waals surface area contributed by atoms with E-state index in [-0.39, 0.29) is 0 Å². The third-order valence-electron chi connectivity index (χ3n) is 3.07. The SMILES string of the molecule is O=C(O)c1ccc(N2CCNCCNCC2)cc1. The molecule has 1 aromatic carbocycles. The van der Waals surface area contributed by atoms with Gasteiger partial charge in [0.1, 0.15) is 0 Å². The van der Waals surface area contributed by atoms with Crippen LogP contribution in [0.5, 0.6) is 0 Å². The number of rotatable bonds is 2. The molecule has 0 atom stereocenters. The third kappa shape index (κ3) is 3.45. The zero-order valence-electron chi connectivity index (χ0n) is 10.4. The Morgan fingerprint density at radius 1 is 1.00 bits per heavy atom. The highest BCUT2D eigenvalue weighted by atomic mass is 16.4. The van der Waals surface area contributed by atoms with Crippen LogP contribution in [0.1, 0.15) is 10.4 Å². The van der Waals surface area contributed by atoms with E-state index in [4.69, 9.17) is 5.11 Å². The number of benzene rings is 1. The molecule has 0 saturated carbocycles. The van der Waals surface area contributed by atoms with E-state index in [1.54, 1.807) is 12.1 Å². The summed E-state index contributed by atoms with van der Waals surface area (Å²) in [5, 5.41) is 15.6. The monoisotopic (exact) mass is 249 g/mol. The van der Waals surface area contributed by atoms with E-state index in [1.807, 2.05) is 12.1 Å². The topological polar surface area (TPSA) is 64.6 Å². The fourth-order valence-corrected chi connectivity index (χ4v) is 2.04. The van der Waals surface area contributed by atoms with Gasteiger partial charge in [-0.2, -0.15) is 0 Å². The molecule has 2 rings (SSSR count). The summed E-state index contributed by atoms with van der Waals surface area (Å²) in [6, 6.07) is 7.07. The predicted molar refractivity (Wildman–Crippen MR) is 71.4 cm³/mol. The Hall–Kier alpha value is -1.59. The summed E-state index contributed by atoms with van der Waals surface area (Å²) in [7, 11) is 0. The van der Waals surface area contributed by atoms with Crippen molar-refractivity contribution in [3.05, 3.63) is 29.8 Å². The molecule has 0 aromatic heterocycles. The molecule has 18 heavy (non-hydrogen) atoms. The summed E-state index contributed by atoms with van der Waals surface area (Å²) in [5.41, 5.74) is 1.41. The van der Waals surface area contributed by atoms with Crippen LogP contribution in [0, 0.1) is 0 Å². The van der Waals surface area contributed by atoms with E-state index >= 15 is 0 Å². The molecule has 0 bridgehead atoms. The van der Waals surface area contributed by atoms with Crippen molar-refractivity contribution in [3.63, 3.8) is 0 Å². The van der Waals surface area contributed by atoms with E-state index in [9.17, 15) is 4.79 Å². The van der Waals surface area contributed by atoms with Gasteiger partial charge in [-0.15, -0.1) is 0 Å². The molecular weight excluding hydrogens is 230 g/mol. The maximum atomic E-state index is 10.8. The molecule has 0 radical (unpaired) electrons. The summed E-state index contributed by atoms with van der Waals surface area (Å²) < 4.78 is 0. The number of hydrogen-bond acceptors (Lipinski definition) is 4. The number of carboxylic acids is 1. The van der Waals surface area contributed by atoms with Gasteiger partial charge in [-0.3, -0.25) is 0 Å². The van der Waals surface area contributed by atoms with Crippen LogP contribution < -0.4 is 15.5 Å². The molecule has 1 saturated heterocycles. The van der Waals surface area contributed by atoms with Crippen molar-refractivity contribution in [1.29, 1.82) is 0 Å². The van der Waals surface area contributed by atoms with Crippen molar-refractivity contribution in [1.82, 2.24) is 10.6 Å². The van der Waals surface area contributed by atoms with Crippen molar-refractivity contribution >= 4 is 11.7 Å². The van der Waals surface area contributed by atoms with Gasteiger partial charge in [-0.1, -0.05) is 0 Å². The summed E-state index contributed by atoms with van der Waals surface area (Å²) in [5.74, 6) is -0.880. The van der Waals surface area contributed by atoms with Crippen molar-refractivity contribution < 1.29 is 9.90 Å². The van der Waals surface area contributed by atoms with Crippen LogP contribution >= 0.6 is 0 Å². The maximum Gasteiger partial charge on any atom is 0.335 e. The molecule has 98 valence electrons. The second kappa shape index (κ2) is 6.37. The predicted octanol–water partition coefficient (Wildman–Crippen LogP) is 0.384. The van der Waals surface area contributed by atoms with E-state index < -0.39 is 5.97 Å². The van der Waals surface area contributed by atoms with Gasteiger partial charge in [-0.25, -0.2) is 4.79 Å². The molecule has 5 nitrogen and oxygen atoms in total. The molecule has 5 heteroatoms. The minimum atomic E-state index is -0.880. The zero-order valence-corrected chi connectivity index (χ0v) is 10.4. The Balaban J connectivity index is 2.05. The number of nitrogens with zero attached hydrogens (tertiary/aromatic N) is 1. The summed E-state index contributed by atoms with van der Waals surface area (Å²) in [6.07, 6.45) is 0. The highest BCUT2D eigenvalue weighted by molar-refractivity contribution is 5.88. The van der Waals surface area contributed by atoms with Gasteiger partial charge in [0.05, 0.1) is 5.56 Å². The average molecular weight is 249 g/mol. The normalized spacial score (nSPS) is 17.7. The first-order valence-electron chi connectivity index (χ1n) is 6.27. The summed E-state index contributed by atoms with van der Waals surface area (Å²) in [6.45, 7) is 5.75. The van der Waals surface area contributed by atoms with Crippen LogP contribution in [-0.4, -0.2) is 50.3 Å². The van der Waals surface area contributed by atoms with Gasteiger partial charge < -0.3 is 20.6 Å². The second-order valence-electron chi connectivity index (χ2n) is 4.34. The smallest absolute Gasteiger partial charge is 0.335 e. The lowest BCUT2D eigenvalue weighted by molar-refractivity contribution is 0.0697. The fourth-order valence-electron chi connectivity index (χ4n) is 2.04. The lowest BCUT2D eigenvalue weighted by Crippen LogP contribution is -2.33. The number of nitrogens with one attached hydrogen (secondary N) is 2. The highest BCUT2D eigenvalue weighted by Crippen LogP contribution is 2.14. The largest absolute Gasteiger partial charge is 0.478 e. The van der Waals surface area contributed by atoms with E-state index in [2.05, 4.69) is 15.5 Å². The Morgan fingerprint density at radius 3 is 2.06 bits per heavy atom. The Labute approximate surface area is 107 Å². The molecule has 0 unspecified atom stereocenters. The van der Waals surface area contributed by atoms with Crippen molar-refractivity contribution in [2.24, 2.45) is 0 Å². The average Bonchev–Trinajstić information content (AvgIpc) is 2.52. The van der Waals surface area contributed by atoms with Gasteiger partial charge >= 0.3 is 5.97 Å². The van der Waals surface area contributed by atoms with Crippen LogP contribution in [0.2, 0.25) is 0 Å². The first kappa shape index (κ1) is 12.9. The van der Waals surface area contributed by atoms with Gasteiger partial charge in [0.25, 0.3) is 0 Å². The minimum Gasteiger partial charge on any atom is -0.478 e. The molecular formula is C13H19N3O2. The van der Waals surface area contributed by atoms with Crippen LogP contribution in [0.15, 0.2) is 24.3 Å². The number of carboxylic acid groups (broad SMARTS) is 1. The van der Waals surface area contributed by atoms with Crippen LogP contribution in [-0.2, 0) is 0 Å². The molecule has 1 aliphatic rings. The first-order valence-corrected chi connectivity index (χ1v) is 6.27. The molecule has 1 aromatic rings. The van der Waals surface area contributed by atoms with Gasteiger partial charge in [0, 0.05) is 45.0 Å². The quantitative estimate of drug-likeness (QED) is 0.707. The standard InChI is InChI=1S/C13H19N3O2/c17-13(18)11-1-3-12(4-2-11)16-9-7-14-5-6-15-8-10-16/h1-4,14-15H,5-10H2,(H,17,18). The van der Waals surface area contributed by atoms with E-state index in [0.29, 0.717) is 5.56 Å². The minimum absolute atomic E-state index is 0.333. The Kier molecular flexibility index (Phi) is 4.55. The van der Waals surface area contributed by atoms with Crippen molar-refractivity contribution in [2.75, 3.05) is 44.2 Å². The molecule has 0 aliphatic carbocycles. The number of hydrogen-bond donors (Lipinski definition) is 3. The number of carbonyl (C=O) groups is 1. The molecule has 0 spiro atoms. The zero-order chi connectivity index (χ0) is 12.8. The molecule has 3 N–H and O–H groups in total.